The van der Waals surface area contributed by atoms with Crippen LogP contribution in [-0.2, 0) is 0 Å². The van der Waals surface area contributed by atoms with Gasteiger partial charge in [-0.1, -0.05) is 47.5 Å². The number of rotatable bonds is 6. The van der Waals surface area contributed by atoms with E-state index in [1.807, 2.05) is 36.4 Å². The van der Waals surface area contributed by atoms with Crippen LogP contribution in [0.3, 0.4) is 0 Å². The molecular weight excluding hydrogens is 359 g/mol. The van der Waals surface area contributed by atoms with Gasteiger partial charge in [-0.3, -0.25) is 4.90 Å². The number of aliphatic hydroxyl groups excluding tert-OH is 1. The van der Waals surface area contributed by atoms with Crippen LogP contribution in [-0.4, -0.2) is 55.4 Å². The molecule has 0 bridgehead atoms. The Kier molecular flexibility index (Phi) is 6.43. The Morgan fingerprint density at radius 3 is 2.24 bits per heavy atom. The molecule has 0 aromatic heterocycles. The lowest BCUT2D eigenvalue weighted by atomic mass is 10.2. The van der Waals surface area contributed by atoms with Crippen molar-refractivity contribution < 1.29 is 9.84 Å². The van der Waals surface area contributed by atoms with Gasteiger partial charge in [0.2, 0.25) is 0 Å². The first-order chi connectivity index (χ1) is 12.1. The zero-order chi connectivity index (χ0) is 17.6. The standard InChI is InChI=1S/C19H22Cl2N2O2/c20-16-5-1-3-7-18(16)23-11-9-22(10-12-23)13-15(24)14-25-19-8-4-2-6-17(19)21/h1-8,15,24H,9-14H2/t15-/m0/s1. The number of aliphatic hydroxyl groups is 1. The molecule has 1 aliphatic rings. The van der Waals surface area contributed by atoms with E-state index in [9.17, 15) is 5.11 Å². The van der Waals surface area contributed by atoms with E-state index >= 15 is 0 Å². The number of halogens is 2. The molecule has 2 aromatic carbocycles. The molecule has 1 atom stereocenters. The number of hydrogen-bond acceptors (Lipinski definition) is 4. The molecular formula is C19H22Cl2N2O2. The van der Waals surface area contributed by atoms with E-state index in [0.717, 1.165) is 36.9 Å². The highest BCUT2D eigenvalue weighted by Gasteiger charge is 2.21. The zero-order valence-corrected chi connectivity index (χ0v) is 15.5. The number of hydrogen-bond donors (Lipinski definition) is 1. The molecule has 1 aliphatic heterocycles. The third kappa shape index (κ3) is 5.02. The number of benzene rings is 2. The van der Waals surface area contributed by atoms with Crippen LogP contribution in [0.5, 0.6) is 5.75 Å². The smallest absolute Gasteiger partial charge is 0.138 e. The summed E-state index contributed by atoms with van der Waals surface area (Å²) in [5.74, 6) is 0.603. The summed E-state index contributed by atoms with van der Waals surface area (Å²) >= 11 is 12.3. The van der Waals surface area contributed by atoms with Crippen LogP contribution in [0, 0.1) is 0 Å². The van der Waals surface area contributed by atoms with Gasteiger partial charge in [-0.05, 0) is 24.3 Å². The van der Waals surface area contributed by atoms with Crippen molar-refractivity contribution in [3.8, 4) is 5.75 Å². The van der Waals surface area contributed by atoms with Crippen molar-refractivity contribution in [1.82, 2.24) is 4.90 Å². The predicted octanol–water partition coefficient (Wildman–Crippen LogP) is 3.56. The molecule has 3 rings (SSSR count). The number of piperazine rings is 1. The third-order valence-corrected chi connectivity index (χ3v) is 4.93. The van der Waals surface area contributed by atoms with Gasteiger partial charge in [-0.25, -0.2) is 0 Å². The van der Waals surface area contributed by atoms with Gasteiger partial charge in [0.25, 0.3) is 0 Å². The molecule has 2 aromatic rings. The van der Waals surface area contributed by atoms with Gasteiger partial charge in [-0.2, -0.15) is 0 Å². The first kappa shape index (κ1) is 18.3. The van der Waals surface area contributed by atoms with Gasteiger partial charge >= 0.3 is 0 Å². The molecule has 1 saturated heterocycles. The van der Waals surface area contributed by atoms with Gasteiger partial charge in [-0.15, -0.1) is 0 Å². The topological polar surface area (TPSA) is 35.9 Å². The van der Waals surface area contributed by atoms with Crippen LogP contribution in [0.1, 0.15) is 0 Å². The lowest BCUT2D eigenvalue weighted by Gasteiger charge is -2.37. The van der Waals surface area contributed by atoms with Crippen molar-refractivity contribution >= 4 is 28.9 Å². The Hall–Kier alpha value is -1.46. The van der Waals surface area contributed by atoms with E-state index in [2.05, 4.69) is 9.80 Å². The average Bonchev–Trinajstić information content (AvgIpc) is 2.62. The Bertz CT molecular complexity index is 691. The second kappa shape index (κ2) is 8.77. The fourth-order valence-corrected chi connectivity index (χ4v) is 3.42. The minimum atomic E-state index is -0.553. The van der Waals surface area contributed by atoms with E-state index in [-0.39, 0.29) is 6.61 Å². The minimum absolute atomic E-state index is 0.231. The molecule has 4 nitrogen and oxygen atoms in total. The van der Waals surface area contributed by atoms with E-state index in [0.29, 0.717) is 17.3 Å². The monoisotopic (exact) mass is 380 g/mol. The van der Waals surface area contributed by atoms with E-state index < -0.39 is 6.10 Å². The average molecular weight is 381 g/mol. The molecule has 0 radical (unpaired) electrons. The van der Waals surface area contributed by atoms with Crippen molar-refractivity contribution in [3.05, 3.63) is 58.6 Å². The van der Waals surface area contributed by atoms with Crippen LogP contribution in [0.2, 0.25) is 10.0 Å². The van der Waals surface area contributed by atoms with Crippen LogP contribution in [0.25, 0.3) is 0 Å². The van der Waals surface area contributed by atoms with Crippen molar-refractivity contribution in [2.75, 3.05) is 44.2 Å². The number of para-hydroxylation sites is 2. The number of nitrogens with zero attached hydrogens (tertiary/aromatic N) is 2. The van der Waals surface area contributed by atoms with Gasteiger partial charge in [0.15, 0.2) is 0 Å². The fourth-order valence-electron chi connectivity index (χ4n) is 2.98. The lowest BCUT2D eigenvalue weighted by Crippen LogP contribution is -2.49. The van der Waals surface area contributed by atoms with Crippen molar-refractivity contribution in [3.63, 3.8) is 0 Å². The molecule has 0 unspecified atom stereocenters. The Labute approximate surface area is 158 Å². The second-order valence-electron chi connectivity index (χ2n) is 6.13. The molecule has 0 spiro atoms. The van der Waals surface area contributed by atoms with Gasteiger partial charge in [0, 0.05) is 32.7 Å². The fraction of sp³-hybridized carbons (Fsp3) is 0.368. The summed E-state index contributed by atoms with van der Waals surface area (Å²) in [5, 5.41) is 11.6. The van der Waals surface area contributed by atoms with Crippen LogP contribution < -0.4 is 9.64 Å². The minimum Gasteiger partial charge on any atom is -0.489 e. The molecule has 1 fully saturated rings. The van der Waals surface area contributed by atoms with E-state index in [1.54, 1.807) is 12.1 Å². The van der Waals surface area contributed by atoms with Crippen LogP contribution >= 0.6 is 23.2 Å². The summed E-state index contributed by atoms with van der Waals surface area (Å²) < 4.78 is 5.61. The van der Waals surface area contributed by atoms with Crippen LogP contribution in [0.4, 0.5) is 5.69 Å². The number of β-amino-alcohol motifs (C(OH)–C–C–N with tert-alkyl or cyclic N) is 1. The second-order valence-corrected chi connectivity index (χ2v) is 6.95. The van der Waals surface area contributed by atoms with Crippen molar-refractivity contribution in [2.24, 2.45) is 0 Å². The van der Waals surface area contributed by atoms with Crippen molar-refractivity contribution in [2.45, 2.75) is 6.10 Å². The van der Waals surface area contributed by atoms with E-state index in [1.165, 1.54) is 0 Å². The number of ether oxygens (including phenoxy) is 1. The molecule has 134 valence electrons. The summed E-state index contributed by atoms with van der Waals surface area (Å²) in [6, 6.07) is 15.2. The highest BCUT2D eigenvalue weighted by Crippen LogP contribution is 2.26. The molecule has 6 heteroatoms. The highest BCUT2D eigenvalue weighted by molar-refractivity contribution is 6.33. The molecule has 0 amide bonds. The zero-order valence-electron chi connectivity index (χ0n) is 13.9. The Morgan fingerprint density at radius 2 is 1.56 bits per heavy atom. The van der Waals surface area contributed by atoms with Gasteiger partial charge in [0.05, 0.1) is 15.7 Å². The first-order valence-corrected chi connectivity index (χ1v) is 9.16. The van der Waals surface area contributed by atoms with E-state index in [4.69, 9.17) is 27.9 Å². The van der Waals surface area contributed by atoms with Gasteiger partial charge < -0.3 is 14.7 Å². The summed E-state index contributed by atoms with van der Waals surface area (Å²) in [6.45, 7) is 4.36. The summed E-state index contributed by atoms with van der Waals surface area (Å²) in [7, 11) is 0. The maximum atomic E-state index is 10.2. The molecule has 25 heavy (non-hydrogen) atoms. The molecule has 1 heterocycles. The van der Waals surface area contributed by atoms with Gasteiger partial charge in [0.1, 0.15) is 18.5 Å². The summed E-state index contributed by atoms with van der Waals surface area (Å²) in [5.41, 5.74) is 1.08. The highest BCUT2D eigenvalue weighted by atomic mass is 35.5. The maximum Gasteiger partial charge on any atom is 0.138 e. The lowest BCUT2D eigenvalue weighted by molar-refractivity contribution is 0.0663. The molecule has 0 aliphatic carbocycles. The maximum absolute atomic E-state index is 10.2. The van der Waals surface area contributed by atoms with Crippen LogP contribution in [0.15, 0.2) is 48.5 Å². The number of anilines is 1. The predicted molar refractivity (Wildman–Crippen MR) is 103 cm³/mol. The normalized spacial score (nSPS) is 16.7. The van der Waals surface area contributed by atoms with Crippen molar-refractivity contribution in [1.29, 1.82) is 0 Å². The Morgan fingerprint density at radius 1 is 0.920 bits per heavy atom. The SMILES string of the molecule is O[C@H](COc1ccccc1Cl)CN1CCN(c2ccccc2Cl)CC1. The first-order valence-electron chi connectivity index (χ1n) is 8.40. The molecule has 1 N–H and O–H groups in total. The molecule has 0 saturated carbocycles. The third-order valence-electron chi connectivity index (χ3n) is 4.30. The summed E-state index contributed by atoms with van der Waals surface area (Å²) in [6.07, 6.45) is -0.553. The largest absolute Gasteiger partial charge is 0.489 e. The summed E-state index contributed by atoms with van der Waals surface area (Å²) in [4.78, 5) is 4.53. The quantitative estimate of drug-likeness (QED) is 0.830. The Balaban J connectivity index is 1.44.